The fraction of sp³-hybridized carbons (Fsp3) is 0.533. The van der Waals surface area contributed by atoms with Crippen molar-refractivity contribution < 1.29 is 4.79 Å². The third-order valence-corrected chi connectivity index (χ3v) is 3.96. The molecule has 98 valence electrons. The van der Waals surface area contributed by atoms with Crippen LogP contribution < -0.4 is 11.1 Å². The summed E-state index contributed by atoms with van der Waals surface area (Å²) in [5, 5.41) is 3.01. The van der Waals surface area contributed by atoms with Crippen LogP contribution in [-0.2, 0) is 4.79 Å². The van der Waals surface area contributed by atoms with E-state index < -0.39 is 0 Å². The number of hydrogen-bond donors (Lipinski definition) is 2. The van der Waals surface area contributed by atoms with E-state index in [1.807, 2.05) is 30.3 Å². The first-order valence-electron chi connectivity index (χ1n) is 6.83. The summed E-state index contributed by atoms with van der Waals surface area (Å²) in [5.74, 6) is 0.0955. The smallest absolute Gasteiger partial charge is 0.231 e. The Balaban J connectivity index is 2.09. The Kier molecular flexibility index (Phi) is 4.37. The molecule has 2 rings (SSSR count). The van der Waals surface area contributed by atoms with Crippen molar-refractivity contribution in [1.29, 1.82) is 0 Å². The van der Waals surface area contributed by atoms with Gasteiger partial charge in [0.2, 0.25) is 5.91 Å². The molecule has 1 fully saturated rings. The molecule has 1 aliphatic rings. The van der Waals surface area contributed by atoms with E-state index in [0.29, 0.717) is 6.54 Å². The summed E-state index contributed by atoms with van der Waals surface area (Å²) in [6.07, 6.45) is 6.50. The van der Waals surface area contributed by atoms with Crippen molar-refractivity contribution in [2.45, 2.75) is 38.5 Å². The van der Waals surface area contributed by atoms with Gasteiger partial charge in [0.15, 0.2) is 0 Å². The fourth-order valence-electron chi connectivity index (χ4n) is 2.71. The Bertz CT molecular complexity index is 381. The van der Waals surface area contributed by atoms with Crippen LogP contribution in [-0.4, -0.2) is 12.5 Å². The van der Waals surface area contributed by atoms with E-state index in [0.717, 1.165) is 31.4 Å². The van der Waals surface area contributed by atoms with E-state index in [1.54, 1.807) is 0 Å². The van der Waals surface area contributed by atoms with E-state index in [2.05, 4.69) is 5.32 Å². The van der Waals surface area contributed by atoms with E-state index in [9.17, 15) is 4.79 Å². The zero-order chi connectivity index (χ0) is 12.8. The van der Waals surface area contributed by atoms with Crippen LogP contribution in [0, 0.1) is 5.41 Å². The monoisotopic (exact) mass is 246 g/mol. The number of anilines is 1. The van der Waals surface area contributed by atoms with Gasteiger partial charge in [-0.25, -0.2) is 0 Å². The molecule has 3 N–H and O–H groups in total. The molecule has 18 heavy (non-hydrogen) atoms. The SMILES string of the molecule is NCC1(C(=O)Nc2ccccc2)CCCCCC1. The minimum atomic E-state index is -0.355. The maximum Gasteiger partial charge on any atom is 0.231 e. The number of benzene rings is 1. The van der Waals surface area contributed by atoms with Gasteiger partial charge in [0.25, 0.3) is 0 Å². The van der Waals surface area contributed by atoms with Crippen LogP contribution in [0.3, 0.4) is 0 Å². The molecular formula is C15H22N2O. The topological polar surface area (TPSA) is 55.1 Å². The van der Waals surface area contributed by atoms with Crippen LogP contribution in [0.25, 0.3) is 0 Å². The molecule has 0 atom stereocenters. The van der Waals surface area contributed by atoms with Crippen LogP contribution in [0.5, 0.6) is 0 Å². The van der Waals surface area contributed by atoms with Gasteiger partial charge in [0.1, 0.15) is 0 Å². The minimum Gasteiger partial charge on any atom is -0.329 e. The largest absolute Gasteiger partial charge is 0.329 e. The Hall–Kier alpha value is -1.35. The molecule has 1 saturated carbocycles. The summed E-state index contributed by atoms with van der Waals surface area (Å²) in [6.45, 7) is 0.450. The molecule has 3 heteroatoms. The molecule has 1 amide bonds. The molecule has 0 heterocycles. The van der Waals surface area contributed by atoms with Crippen LogP contribution >= 0.6 is 0 Å². The Morgan fingerprint density at radius 1 is 1.11 bits per heavy atom. The van der Waals surface area contributed by atoms with Crippen molar-refractivity contribution in [2.75, 3.05) is 11.9 Å². The number of carbonyl (C=O) groups is 1. The van der Waals surface area contributed by atoms with Crippen molar-refractivity contribution in [3.8, 4) is 0 Å². The molecule has 0 radical (unpaired) electrons. The van der Waals surface area contributed by atoms with Crippen LogP contribution in [0.4, 0.5) is 5.69 Å². The van der Waals surface area contributed by atoms with Crippen LogP contribution in [0.15, 0.2) is 30.3 Å². The number of nitrogens with two attached hydrogens (primary N) is 1. The second-order valence-electron chi connectivity index (χ2n) is 5.22. The number of para-hydroxylation sites is 1. The van der Waals surface area contributed by atoms with Crippen molar-refractivity contribution in [3.05, 3.63) is 30.3 Å². The van der Waals surface area contributed by atoms with Gasteiger partial charge in [-0.15, -0.1) is 0 Å². The average molecular weight is 246 g/mol. The maximum absolute atomic E-state index is 12.5. The van der Waals surface area contributed by atoms with Crippen LogP contribution in [0.2, 0.25) is 0 Å². The Morgan fingerprint density at radius 2 is 1.72 bits per heavy atom. The zero-order valence-corrected chi connectivity index (χ0v) is 10.8. The normalized spacial score (nSPS) is 18.9. The van der Waals surface area contributed by atoms with Gasteiger partial charge in [-0.05, 0) is 25.0 Å². The number of carbonyl (C=O) groups excluding carboxylic acids is 1. The lowest BCUT2D eigenvalue weighted by atomic mass is 9.79. The first-order valence-corrected chi connectivity index (χ1v) is 6.83. The second kappa shape index (κ2) is 6.01. The molecule has 1 aromatic carbocycles. The lowest BCUT2D eigenvalue weighted by molar-refractivity contribution is -0.125. The summed E-state index contributed by atoms with van der Waals surface area (Å²) < 4.78 is 0. The van der Waals surface area contributed by atoms with Gasteiger partial charge >= 0.3 is 0 Å². The lowest BCUT2D eigenvalue weighted by Crippen LogP contribution is -2.42. The summed E-state index contributed by atoms with van der Waals surface area (Å²) >= 11 is 0. The number of rotatable bonds is 3. The number of hydrogen-bond acceptors (Lipinski definition) is 2. The highest BCUT2D eigenvalue weighted by Gasteiger charge is 2.37. The van der Waals surface area contributed by atoms with Gasteiger partial charge in [0, 0.05) is 12.2 Å². The van der Waals surface area contributed by atoms with Gasteiger partial charge in [-0.2, -0.15) is 0 Å². The zero-order valence-electron chi connectivity index (χ0n) is 10.8. The van der Waals surface area contributed by atoms with Gasteiger partial charge < -0.3 is 11.1 Å². The summed E-state index contributed by atoms with van der Waals surface area (Å²) in [7, 11) is 0. The highest BCUT2D eigenvalue weighted by Crippen LogP contribution is 2.35. The van der Waals surface area contributed by atoms with Crippen molar-refractivity contribution in [3.63, 3.8) is 0 Å². The van der Waals surface area contributed by atoms with Gasteiger partial charge in [0.05, 0.1) is 5.41 Å². The predicted octanol–water partition coefficient (Wildman–Crippen LogP) is 2.92. The first-order chi connectivity index (χ1) is 8.77. The highest BCUT2D eigenvalue weighted by molar-refractivity contribution is 5.95. The van der Waals surface area contributed by atoms with Crippen molar-refractivity contribution >= 4 is 11.6 Å². The first kappa shape index (κ1) is 13.1. The molecular weight excluding hydrogens is 224 g/mol. The Morgan fingerprint density at radius 3 is 2.28 bits per heavy atom. The molecule has 0 saturated heterocycles. The van der Waals surface area contributed by atoms with E-state index in [1.165, 1.54) is 12.8 Å². The minimum absolute atomic E-state index is 0.0955. The molecule has 3 nitrogen and oxygen atoms in total. The molecule has 0 unspecified atom stereocenters. The predicted molar refractivity (Wildman–Crippen MR) is 74.3 cm³/mol. The molecule has 1 aliphatic carbocycles. The number of nitrogens with one attached hydrogen (secondary N) is 1. The third-order valence-electron chi connectivity index (χ3n) is 3.96. The quantitative estimate of drug-likeness (QED) is 0.806. The molecule has 0 bridgehead atoms. The Labute approximate surface area is 109 Å². The third kappa shape index (κ3) is 2.91. The lowest BCUT2D eigenvalue weighted by Gasteiger charge is -2.29. The summed E-state index contributed by atoms with van der Waals surface area (Å²) in [6, 6.07) is 9.63. The van der Waals surface area contributed by atoms with Gasteiger partial charge in [-0.1, -0.05) is 43.9 Å². The van der Waals surface area contributed by atoms with E-state index in [-0.39, 0.29) is 11.3 Å². The summed E-state index contributed by atoms with van der Waals surface area (Å²) in [5.41, 5.74) is 6.41. The fourth-order valence-corrected chi connectivity index (χ4v) is 2.71. The highest BCUT2D eigenvalue weighted by atomic mass is 16.2. The van der Waals surface area contributed by atoms with Crippen LogP contribution in [0.1, 0.15) is 38.5 Å². The van der Waals surface area contributed by atoms with E-state index in [4.69, 9.17) is 5.73 Å². The summed E-state index contributed by atoms with van der Waals surface area (Å²) in [4.78, 5) is 12.5. The molecule has 0 aliphatic heterocycles. The molecule has 0 aromatic heterocycles. The van der Waals surface area contributed by atoms with Crippen molar-refractivity contribution in [2.24, 2.45) is 11.1 Å². The number of amides is 1. The second-order valence-corrected chi connectivity index (χ2v) is 5.22. The van der Waals surface area contributed by atoms with Crippen molar-refractivity contribution in [1.82, 2.24) is 0 Å². The average Bonchev–Trinajstić information content (AvgIpc) is 2.66. The van der Waals surface area contributed by atoms with Gasteiger partial charge in [-0.3, -0.25) is 4.79 Å². The molecule has 0 spiro atoms. The molecule has 1 aromatic rings. The maximum atomic E-state index is 12.5. The van der Waals surface area contributed by atoms with E-state index >= 15 is 0 Å². The standard InChI is InChI=1S/C15H22N2O/c16-12-15(10-6-1-2-7-11-15)14(18)17-13-8-4-3-5-9-13/h3-5,8-9H,1-2,6-7,10-12,16H2,(H,17,18).